The predicted molar refractivity (Wildman–Crippen MR) is 96.1 cm³/mol. The zero-order valence-electron chi connectivity index (χ0n) is 13.8. The van der Waals surface area contributed by atoms with E-state index in [1.54, 1.807) is 19.0 Å². The lowest BCUT2D eigenvalue weighted by Crippen LogP contribution is -2.34. The van der Waals surface area contributed by atoms with Crippen LogP contribution in [0.25, 0.3) is 0 Å². The zero-order valence-corrected chi connectivity index (χ0v) is 15.4. The van der Waals surface area contributed by atoms with Gasteiger partial charge < -0.3 is 15.0 Å². The molecule has 4 nitrogen and oxygen atoms in total. The number of benzene rings is 2. The van der Waals surface area contributed by atoms with Crippen LogP contribution in [-0.4, -0.2) is 25.0 Å². The molecule has 0 atom stereocenters. The highest BCUT2D eigenvalue weighted by atomic mass is 79.9. The van der Waals surface area contributed by atoms with Crippen molar-refractivity contribution < 1.29 is 9.53 Å². The fraction of sp³-hybridized carbons (Fsp3) is 0.278. The molecule has 2 amide bonds. The highest BCUT2D eigenvalue weighted by Gasteiger charge is 2.11. The highest BCUT2D eigenvalue weighted by Crippen LogP contribution is 2.34. The van der Waals surface area contributed by atoms with Gasteiger partial charge in [0, 0.05) is 20.6 Å². The standard InChI is InChI=1S/C18H21BrN2O2/c1-12-6-5-7-13(2)17(12)23-16-9-8-14(10-15(16)19)11-21(4)18(22)20-3/h5-10H,11H2,1-4H3,(H,20,22). The molecule has 5 heteroatoms. The van der Waals surface area contributed by atoms with Crippen LogP contribution in [0.3, 0.4) is 0 Å². The fourth-order valence-electron chi connectivity index (χ4n) is 2.33. The molecule has 0 aliphatic carbocycles. The van der Waals surface area contributed by atoms with Crippen molar-refractivity contribution in [3.63, 3.8) is 0 Å². The van der Waals surface area contributed by atoms with E-state index in [4.69, 9.17) is 4.74 Å². The fourth-order valence-corrected chi connectivity index (χ4v) is 2.84. The number of para-hydroxylation sites is 1. The molecule has 0 aliphatic rings. The van der Waals surface area contributed by atoms with Gasteiger partial charge in [0.25, 0.3) is 0 Å². The number of aryl methyl sites for hydroxylation is 2. The maximum absolute atomic E-state index is 11.6. The Labute approximate surface area is 145 Å². The molecule has 0 spiro atoms. The summed E-state index contributed by atoms with van der Waals surface area (Å²) in [5.41, 5.74) is 3.22. The van der Waals surface area contributed by atoms with Gasteiger partial charge in [0.15, 0.2) is 0 Å². The lowest BCUT2D eigenvalue weighted by atomic mass is 10.1. The smallest absolute Gasteiger partial charge is 0.317 e. The molecule has 0 aromatic heterocycles. The third kappa shape index (κ3) is 4.26. The summed E-state index contributed by atoms with van der Waals surface area (Å²) >= 11 is 3.55. The Morgan fingerprint density at radius 1 is 1.22 bits per heavy atom. The van der Waals surface area contributed by atoms with E-state index in [1.807, 2.05) is 50.2 Å². The molecule has 2 aromatic carbocycles. The van der Waals surface area contributed by atoms with Gasteiger partial charge in [-0.3, -0.25) is 0 Å². The van der Waals surface area contributed by atoms with E-state index < -0.39 is 0 Å². The SMILES string of the molecule is CNC(=O)N(C)Cc1ccc(Oc2c(C)cccc2C)c(Br)c1. The summed E-state index contributed by atoms with van der Waals surface area (Å²) in [5, 5.41) is 2.61. The van der Waals surface area contributed by atoms with Crippen molar-refractivity contribution in [2.24, 2.45) is 0 Å². The normalized spacial score (nSPS) is 10.3. The number of ether oxygens (including phenoxy) is 1. The molecule has 122 valence electrons. The predicted octanol–water partition coefficient (Wildman–Crippen LogP) is 4.63. The van der Waals surface area contributed by atoms with Crippen LogP contribution < -0.4 is 10.1 Å². The maximum Gasteiger partial charge on any atom is 0.317 e. The number of halogens is 1. The van der Waals surface area contributed by atoms with Crippen LogP contribution >= 0.6 is 15.9 Å². The number of hydrogen-bond donors (Lipinski definition) is 1. The Morgan fingerprint density at radius 2 is 1.87 bits per heavy atom. The van der Waals surface area contributed by atoms with Crippen LogP contribution in [0.5, 0.6) is 11.5 Å². The lowest BCUT2D eigenvalue weighted by molar-refractivity contribution is 0.209. The van der Waals surface area contributed by atoms with Crippen LogP contribution in [0, 0.1) is 13.8 Å². The third-order valence-corrected chi connectivity index (χ3v) is 4.22. The van der Waals surface area contributed by atoms with Gasteiger partial charge in [-0.2, -0.15) is 0 Å². The minimum Gasteiger partial charge on any atom is -0.456 e. The molecule has 2 aromatic rings. The monoisotopic (exact) mass is 376 g/mol. The molecule has 23 heavy (non-hydrogen) atoms. The highest BCUT2D eigenvalue weighted by molar-refractivity contribution is 9.10. The van der Waals surface area contributed by atoms with Crippen LogP contribution in [0.1, 0.15) is 16.7 Å². The number of rotatable bonds is 4. The zero-order chi connectivity index (χ0) is 17.0. The summed E-state index contributed by atoms with van der Waals surface area (Å²) in [6.45, 7) is 4.59. The summed E-state index contributed by atoms with van der Waals surface area (Å²) in [4.78, 5) is 13.2. The second-order valence-electron chi connectivity index (χ2n) is 5.50. The Morgan fingerprint density at radius 3 is 2.43 bits per heavy atom. The molecular weight excluding hydrogens is 356 g/mol. The van der Waals surface area contributed by atoms with Gasteiger partial charge in [-0.05, 0) is 58.6 Å². The summed E-state index contributed by atoms with van der Waals surface area (Å²) in [5.74, 6) is 1.64. The van der Waals surface area contributed by atoms with E-state index >= 15 is 0 Å². The number of nitrogens with zero attached hydrogens (tertiary/aromatic N) is 1. The molecule has 0 fully saturated rings. The van der Waals surface area contributed by atoms with Gasteiger partial charge in [-0.15, -0.1) is 0 Å². The Balaban J connectivity index is 2.18. The molecule has 2 rings (SSSR count). The summed E-state index contributed by atoms with van der Waals surface area (Å²) in [6.07, 6.45) is 0. The van der Waals surface area contributed by atoms with Crippen LogP contribution in [0.2, 0.25) is 0 Å². The first-order valence-electron chi connectivity index (χ1n) is 7.37. The van der Waals surface area contributed by atoms with E-state index in [9.17, 15) is 4.79 Å². The molecule has 0 unspecified atom stereocenters. The number of hydrogen-bond acceptors (Lipinski definition) is 2. The summed E-state index contributed by atoms with van der Waals surface area (Å²) in [7, 11) is 3.38. The summed E-state index contributed by atoms with van der Waals surface area (Å²) < 4.78 is 6.92. The molecule has 0 heterocycles. The van der Waals surface area contributed by atoms with Crippen LogP contribution in [0.4, 0.5) is 4.79 Å². The minimum absolute atomic E-state index is 0.114. The quantitative estimate of drug-likeness (QED) is 0.844. The van der Waals surface area contributed by atoms with E-state index in [-0.39, 0.29) is 6.03 Å². The van der Waals surface area contributed by atoms with Gasteiger partial charge in [-0.25, -0.2) is 4.79 Å². The van der Waals surface area contributed by atoms with Gasteiger partial charge >= 0.3 is 6.03 Å². The van der Waals surface area contributed by atoms with Crippen molar-refractivity contribution >= 4 is 22.0 Å². The second kappa shape index (κ2) is 7.51. The Bertz CT molecular complexity index is 696. The van der Waals surface area contributed by atoms with Crippen molar-refractivity contribution in [3.05, 3.63) is 57.6 Å². The molecule has 1 N–H and O–H groups in total. The van der Waals surface area contributed by atoms with Crippen LogP contribution in [-0.2, 0) is 6.54 Å². The van der Waals surface area contributed by atoms with Crippen molar-refractivity contribution in [3.8, 4) is 11.5 Å². The van der Waals surface area contributed by atoms with E-state index in [0.29, 0.717) is 6.54 Å². The maximum atomic E-state index is 11.6. The van der Waals surface area contributed by atoms with Gasteiger partial charge in [0.05, 0.1) is 4.47 Å². The molecule has 0 bridgehead atoms. The second-order valence-corrected chi connectivity index (χ2v) is 6.35. The van der Waals surface area contributed by atoms with E-state index in [0.717, 1.165) is 32.7 Å². The Kier molecular flexibility index (Phi) is 5.66. The van der Waals surface area contributed by atoms with Crippen molar-refractivity contribution in [2.75, 3.05) is 14.1 Å². The molecule has 0 saturated heterocycles. The molecule has 0 radical (unpaired) electrons. The molecule has 0 aliphatic heterocycles. The largest absolute Gasteiger partial charge is 0.456 e. The van der Waals surface area contributed by atoms with Gasteiger partial charge in [-0.1, -0.05) is 24.3 Å². The summed E-state index contributed by atoms with van der Waals surface area (Å²) in [6, 6.07) is 11.8. The van der Waals surface area contributed by atoms with Crippen molar-refractivity contribution in [1.82, 2.24) is 10.2 Å². The number of nitrogens with one attached hydrogen (secondary N) is 1. The average Bonchev–Trinajstić information content (AvgIpc) is 2.52. The number of amides is 2. The molecular formula is C18H21BrN2O2. The number of urea groups is 1. The first kappa shape index (κ1) is 17.3. The lowest BCUT2D eigenvalue weighted by Gasteiger charge is -2.18. The number of carbonyl (C=O) groups excluding carboxylic acids is 1. The van der Waals surface area contributed by atoms with Crippen molar-refractivity contribution in [1.29, 1.82) is 0 Å². The first-order valence-corrected chi connectivity index (χ1v) is 8.17. The third-order valence-electron chi connectivity index (χ3n) is 3.60. The van der Waals surface area contributed by atoms with E-state index in [1.165, 1.54) is 0 Å². The van der Waals surface area contributed by atoms with Gasteiger partial charge in [0.1, 0.15) is 11.5 Å². The average molecular weight is 377 g/mol. The van der Waals surface area contributed by atoms with Crippen LogP contribution in [0.15, 0.2) is 40.9 Å². The number of carbonyl (C=O) groups is 1. The van der Waals surface area contributed by atoms with Crippen molar-refractivity contribution in [2.45, 2.75) is 20.4 Å². The topological polar surface area (TPSA) is 41.6 Å². The molecule has 0 saturated carbocycles. The van der Waals surface area contributed by atoms with Gasteiger partial charge in [0.2, 0.25) is 0 Å². The Hall–Kier alpha value is -2.01. The first-order chi connectivity index (χ1) is 10.9. The minimum atomic E-state index is -0.114. The van der Waals surface area contributed by atoms with E-state index in [2.05, 4.69) is 21.2 Å².